The Labute approximate surface area is 126 Å². The Bertz CT molecular complexity index is 708. The number of aromatic nitrogens is 3. The molecule has 3 aromatic rings. The summed E-state index contributed by atoms with van der Waals surface area (Å²) in [6.45, 7) is 0. The molecule has 0 bridgehead atoms. The monoisotopic (exact) mass is 301 g/mol. The van der Waals surface area contributed by atoms with E-state index in [0.717, 1.165) is 11.1 Å². The topological polar surface area (TPSA) is 38.7 Å². The molecule has 0 atom stereocenters. The van der Waals surface area contributed by atoms with E-state index >= 15 is 0 Å². The predicted octanol–water partition coefficient (Wildman–Crippen LogP) is 4.51. The summed E-state index contributed by atoms with van der Waals surface area (Å²) in [6.07, 6.45) is 3.36. The van der Waals surface area contributed by atoms with Crippen molar-refractivity contribution >= 4 is 23.2 Å². The molecule has 3 rings (SSSR count). The van der Waals surface area contributed by atoms with Crippen molar-refractivity contribution in [2.45, 2.75) is 0 Å². The molecule has 0 radical (unpaired) electrons. The molecule has 2 heterocycles. The first-order valence-corrected chi connectivity index (χ1v) is 6.70. The molecule has 5 heteroatoms. The lowest BCUT2D eigenvalue weighted by Gasteiger charge is -2.08. The van der Waals surface area contributed by atoms with Gasteiger partial charge < -0.3 is 0 Å². The number of pyridine rings is 1. The Balaban J connectivity index is 2.13. The van der Waals surface area contributed by atoms with Crippen molar-refractivity contribution in [3.05, 3.63) is 65.2 Å². The van der Waals surface area contributed by atoms with Crippen LogP contribution in [0.4, 0.5) is 0 Å². The van der Waals surface area contributed by atoms with E-state index in [9.17, 15) is 0 Å². The van der Waals surface area contributed by atoms with Crippen LogP contribution >= 0.6 is 23.2 Å². The van der Waals surface area contributed by atoms with E-state index in [1.54, 1.807) is 12.4 Å². The van der Waals surface area contributed by atoms with Gasteiger partial charge in [0.1, 0.15) is 10.3 Å². The first-order chi connectivity index (χ1) is 9.75. The fourth-order valence-electron chi connectivity index (χ4n) is 1.88. The Hall–Kier alpha value is -1.97. The van der Waals surface area contributed by atoms with Crippen molar-refractivity contribution in [2.75, 3.05) is 0 Å². The first kappa shape index (κ1) is 13.0. The molecule has 0 aliphatic heterocycles. The third kappa shape index (κ3) is 2.50. The van der Waals surface area contributed by atoms with Crippen molar-refractivity contribution in [1.82, 2.24) is 15.0 Å². The van der Waals surface area contributed by atoms with Gasteiger partial charge in [0.15, 0.2) is 5.82 Å². The highest BCUT2D eigenvalue weighted by Gasteiger charge is 2.14. The van der Waals surface area contributed by atoms with Crippen LogP contribution < -0.4 is 0 Å². The van der Waals surface area contributed by atoms with Crippen LogP contribution in [0.5, 0.6) is 0 Å². The summed E-state index contributed by atoms with van der Waals surface area (Å²) in [5.41, 5.74) is 2.30. The van der Waals surface area contributed by atoms with E-state index in [0.29, 0.717) is 21.7 Å². The van der Waals surface area contributed by atoms with Crippen LogP contribution in [0, 0.1) is 0 Å². The maximum atomic E-state index is 6.26. The highest BCUT2D eigenvalue weighted by atomic mass is 35.5. The second-order valence-electron chi connectivity index (χ2n) is 4.11. The van der Waals surface area contributed by atoms with Gasteiger partial charge in [-0.1, -0.05) is 53.5 Å². The van der Waals surface area contributed by atoms with Crippen LogP contribution in [0.1, 0.15) is 0 Å². The second kappa shape index (κ2) is 5.57. The highest BCUT2D eigenvalue weighted by molar-refractivity contribution is 6.37. The van der Waals surface area contributed by atoms with Gasteiger partial charge in [0.2, 0.25) is 0 Å². The largest absolute Gasteiger partial charge is 0.264 e. The van der Waals surface area contributed by atoms with E-state index in [1.807, 2.05) is 42.5 Å². The Morgan fingerprint density at radius 1 is 0.750 bits per heavy atom. The van der Waals surface area contributed by atoms with Gasteiger partial charge in [-0.2, -0.15) is 0 Å². The predicted molar refractivity (Wildman–Crippen MR) is 80.7 cm³/mol. The molecular formula is C15H9Cl2N3. The zero-order valence-electron chi connectivity index (χ0n) is 10.3. The molecule has 98 valence electrons. The summed E-state index contributed by atoms with van der Waals surface area (Å²) in [5, 5.41) is 0.658. The van der Waals surface area contributed by atoms with Gasteiger partial charge in [0, 0.05) is 18.0 Å². The molecule has 0 saturated heterocycles. The molecule has 3 nitrogen and oxygen atoms in total. The normalized spacial score (nSPS) is 10.5. The minimum absolute atomic E-state index is 0.329. The lowest BCUT2D eigenvalue weighted by atomic mass is 10.1. The van der Waals surface area contributed by atoms with E-state index in [1.165, 1.54) is 0 Å². The van der Waals surface area contributed by atoms with Gasteiger partial charge >= 0.3 is 0 Å². The van der Waals surface area contributed by atoms with Crippen LogP contribution in [0.2, 0.25) is 10.3 Å². The highest BCUT2D eigenvalue weighted by Crippen LogP contribution is 2.33. The molecule has 2 aromatic heterocycles. The maximum absolute atomic E-state index is 6.26. The van der Waals surface area contributed by atoms with E-state index in [2.05, 4.69) is 15.0 Å². The van der Waals surface area contributed by atoms with Gasteiger partial charge in [0.25, 0.3) is 0 Å². The molecule has 0 spiro atoms. The number of hydrogen-bond donors (Lipinski definition) is 0. The third-order valence-corrected chi connectivity index (χ3v) is 3.35. The minimum Gasteiger partial charge on any atom is -0.264 e. The number of nitrogens with zero attached hydrogens (tertiary/aromatic N) is 3. The van der Waals surface area contributed by atoms with Crippen molar-refractivity contribution in [1.29, 1.82) is 0 Å². The first-order valence-electron chi connectivity index (χ1n) is 5.94. The average Bonchev–Trinajstić information content (AvgIpc) is 2.48. The Kier molecular flexibility index (Phi) is 3.63. The molecule has 0 fully saturated rings. The Morgan fingerprint density at radius 2 is 1.40 bits per heavy atom. The SMILES string of the molecule is Clc1nc(-c2cccnc2)nc(Cl)c1-c1ccccc1. The molecule has 0 saturated carbocycles. The van der Waals surface area contributed by atoms with Crippen LogP contribution in [-0.2, 0) is 0 Å². The summed E-state index contributed by atoms with van der Waals surface area (Å²) < 4.78 is 0. The van der Waals surface area contributed by atoms with Crippen LogP contribution in [0.3, 0.4) is 0 Å². The van der Waals surface area contributed by atoms with Crippen LogP contribution in [0.15, 0.2) is 54.9 Å². The summed E-state index contributed by atoms with van der Waals surface area (Å²) in [7, 11) is 0. The summed E-state index contributed by atoms with van der Waals surface area (Å²) in [4.78, 5) is 12.7. The number of rotatable bonds is 2. The lowest BCUT2D eigenvalue weighted by molar-refractivity contribution is 1.17. The van der Waals surface area contributed by atoms with Gasteiger partial charge in [0.05, 0.1) is 5.56 Å². The summed E-state index contributed by atoms with van der Waals surface area (Å²) >= 11 is 12.5. The van der Waals surface area contributed by atoms with Gasteiger partial charge in [-0.25, -0.2) is 9.97 Å². The quantitative estimate of drug-likeness (QED) is 0.654. The van der Waals surface area contributed by atoms with Crippen molar-refractivity contribution < 1.29 is 0 Å². The molecule has 0 amide bonds. The summed E-state index contributed by atoms with van der Waals surface area (Å²) in [5.74, 6) is 0.466. The lowest BCUT2D eigenvalue weighted by Crippen LogP contribution is -1.94. The van der Waals surface area contributed by atoms with E-state index < -0.39 is 0 Å². The van der Waals surface area contributed by atoms with Crippen LogP contribution in [-0.4, -0.2) is 15.0 Å². The average molecular weight is 302 g/mol. The maximum Gasteiger partial charge on any atom is 0.164 e. The number of benzene rings is 1. The molecular weight excluding hydrogens is 293 g/mol. The fraction of sp³-hybridized carbons (Fsp3) is 0. The zero-order chi connectivity index (χ0) is 13.9. The van der Waals surface area contributed by atoms with Crippen LogP contribution in [0.25, 0.3) is 22.5 Å². The van der Waals surface area contributed by atoms with E-state index in [4.69, 9.17) is 23.2 Å². The molecule has 0 aliphatic rings. The van der Waals surface area contributed by atoms with E-state index in [-0.39, 0.29) is 0 Å². The molecule has 0 aliphatic carbocycles. The summed E-state index contributed by atoms with van der Waals surface area (Å²) in [6, 6.07) is 13.3. The molecule has 0 unspecified atom stereocenters. The molecule has 0 N–H and O–H groups in total. The zero-order valence-corrected chi connectivity index (χ0v) is 11.8. The standard InChI is InChI=1S/C15H9Cl2N3/c16-13-12(10-5-2-1-3-6-10)14(17)20-15(19-13)11-7-4-8-18-9-11/h1-9H. The smallest absolute Gasteiger partial charge is 0.164 e. The van der Waals surface area contributed by atoms with Crippen molar-refractivity contribution in [2.24, 2.45) is 0 Å². The second-order valence-corrected chi connectivity index (χ2v) is 4.83. The fourth-order valence-corrected chi connectivity index (χ4v) is 2.48. The van der Waals surface area contributed by atoms with Crippen molar-refractivity contribution in [3.63, 3.8) is 0 Å². The van der Waals surface area contributed by atoms with Gasteiger partial charge in [-0.3, -0.25) is 4.98 Å². The number of halogens is 2. The minimum atomic E-state index is 0.329. The number of hydrogen-bond acceptors (Lipinski definition) is 3. The van der Waals surface area contributed by atoms with Gasteiger partial charge in [-0.05, 0) is 17.7 Å². The van der Waals surface area contributed by atoms with Crippen molar-refractivity contribution in [3.8, 4) is 22.5 Å². The third-order valence-electron chi connectivity index (χ3n) is 2.80. The van der Waals surface area contributed by atoms with Gasteiger partial charge in [-0.15, -0.1) is 0 Å². The Morgan fingerprint density at radius 3 is 2.00 bits per heavy atom. The molecule has 20 heavy (non-hydrogen) atoms. The molecule has 1 aromatic carbocycles.